The van der Waals surface area contributed by atoms with Crippen molar-refractivity contribution >= 4 is 5.91 Å². The topological polar surface area (TPSA) is 61.8 Å². The van der Waals surface area contributed by atoms with E-state index >= 15 is 0 Å². The first-order valence-electron chi connectivity index (χ1n) is 7.59. The first-order chi connectivity index (χ1) is 10.6. The Labute approximate surface area is 130 Å². The van der Waals surface area contributed by atoms with E-state index in [2.05, 4.69) is 10.2 Å². The average Bonchev–Trinajstić information content (AvgIpc) is 2.55. The summed E-state index contributed by atoms with van der Waals surface area (Å²) in [4.78, 5) is 14.4. The molecule has 0 bridgehead atoms. The lowest BCUT2D eigenvalue weighted by Crippen LogP contribution is -2.41. The molecule has 1 fully saturated rings. The number of carbonyl (C=O) groups is 1. The molecule has 1 aliphatic rings. The number of benzene rings is 1. The van der Waals surface area contributed by atoms with Crippen LogP contribution in [-0.4, -0.2) is 55.8 Å². The summed E-state index contributed by atoms with van der Waals surface area (Å²) in [6.45, 7) is 3.26. The highest BCUT2D eigenvalue weighted by molar-refractivity contribution is 5.96. The molecule has 1 saturated heterocycles. The number of hydrogen-bond donors (Lipinski definition) is 2. The SMILES string of the molecule is COc1ccc(F)cc1C(=O)NCCN1CCC[C@H](CO)C1. The van der Waals surface area contributed by atoms with Crippen molar-refractivity contribution in [3.05, 3.63) is 29.6 Å². The monoisotopic (exact) mass is 310 g/mol. The van der Waals surface area contributed by atoms with E-state index in [1.54, 1.807) is 0 Å². The first-order valence-corrected chi connectivity index (χ1v) is 7.59. The van der Waals surface area contributed by atoms with Gasteiger partial charge in [-0.05, 0) is 43.5 Å². The van der Waals surface area contributed by atoms with E-state index in [9.17, 15) is 14.3 Å². The van der Waals surface area contributed by atoms with Crippen LogP contribution in [0.1, 0.15) is 23.2 Å². The van der Waals surface area contributed by atoms with Crippen LogP contribution in [0.2, 0.25) is 0 Å². The fourth-order valence-corrected chi connectivity index (χ4v) is 2.78. The third kappa shape index (κ3) is 4.42. The molecule has 1 atom stereocenters. The van der Waals surface area contributed by atoms with Crippen LogP contribution in [0.25, 0.3) is 0 Å². The second-order valence-electron chi connectivity index (χ2n) is 5.59. The predicted octanol–water partition coefficient (Wildman–Crippen LogP) is 1.27. The van der Waals surface area contributed by atoms with Gasteiger partial charge in [-0.25, -0.2) is 4.39 Å². The number of hydrogen-bond acceptors (Lipinski definition) is 4. The number of nitrogens with one attached hydrogen (secondary N) is 1. The number of likely N-dealkylation sites (tertiary alicyclic amines) is 1. The Morgan fingerprint density at radius 1 is 1.55 bits per heavy atom. The molecule has 22 heavy (non-hydrogen) atoms. The maximum absolute atomic E-state index is 13.3. The molecule has 1 aromatic rings. The minimum absolute atomic E-state index is 0.203. The molecule has 1 aliphatic heterocycles. The molecule has 1 heterocycles. The number of ether oxygens (including phenoxy) is 1. The van der Waals surface area contributed by atoms with Gasteiger partial charge in [-0.15, -0.1) is 0 Å². The summed E-state index contributed by atoms with van der Waals surface area (Å²) < 4.78 is 18.4. The van der Waals surface area contributed by atoms with Crippen LogP contribution < -0.4 is 10.1 Å². The summed E-state index contributed by atoms with van der Waals surface area (Å²) in [5.41, 5.74) is 0.203. The third-order valence-electron chi connectivity index (χ3n) is 3.98. The third-order valence-corrected chi connectivity index (χ3v) is 3.98. The Kier molecular flexibility index (Phi) is 6.15. The maximum atomic E-state index is 13.3. The van der Waals surface area contributed by atoms with Crippen molar-refractivity contribution in [3.63, 3.8) is 0 Å². The van der Waals surface area contributed by atoms with Crippen molar-refractivity contribution in [1.29, 1.82) is 0 Å². The summed E-state index contributed by atoms with van der Waals surface area (Å²) in [5.74, 6) is -0.121. The molecule has 0 aliphatic carbocycles. The number of piperidine rings is 1. The van der Waals surface area contributed by atoms with Gasteiger partial charge < -0.3 is 20.1 Å². The zero-order chi connectivity index (χ0) is 15.9. The van der Waals surface area contributed by atoms with E-state index in [0.29, 0.717) is 18.2 Å². The molecular formula is C16H23FN2O3. The minimum Gasteiger partial charge on any atom is -0.496 e. The van der Waals surface area contributed by atoms with Gasteiger partial charge in [0, 0.05) is 26.2 Å². The molecule has 0 spiro atoms. The molecule has 1 amide bonds. The molecule has 122 valence electrons. The molecule has 1 aromatic carbocycles. The van der Waals surface area contributed by atoms with Gasteiger partial charge in [0.15, 0.2) is 0 Å². The smallest absolute Gasteiger partial charge is 0.255 e. The highest BCUT2D eigenvalue weighted by atomic mass is 19.1. The summed E-state index contributed by atoms with van der Waals surface area (Å²) in [7, 11) is 1.45. The van der Waals surface area contributed by atoms with Crippen LogP contribution in [-0.2, 0) is 0 Å². The minimum atomic E-state index is -0.465. The van der Waals surface area contributed by atoms with Crippen molar-refractivity contribution in [2.75, 3.05) is 39.9 Å². The largest absolute Gasteiger partial charge is 0.496 e. The van der Waals surface area contributed by atoms with Gasteiger partial charge in [0.25, 0.3) is 5.91 Å². The number of aliphatic hydroxyl groups is 1. The second-order valence-corrected chi connectivity index (χ2v) is 5.59. The fraction of sp³-hybridized carbons (Fsp3) is 0.562. The van der Waals surface area contributed by atoms with Crippen molar-refractivity contribution in [3.8, 4) is 5.75 Å². The summed E-state index contributed by atoms with van der Waals surface area (Å²) in [5, 5.41) is 12.0. The molecule has 2 N–H and O–H groups in total. The standard InChI is InChI=1S/C16H23FN2O3/c1-22-15-5-4-13(17)9-14(15)16(21)18-6-8-19-7-2-3-12(10-19)11-20/h4-5,9,12,20H,2-3,6-8,10-11H2,1H3,(H,18,21)/t12-/m0/s1. The molecule has 6 heteroatoms. The zero-order valence-corrected chi connectivity index (χ0v) is 12.8. The number of carbonyl (C=O) groups excluding carboxylic acids is 1. The van der Waals surface area contributed by atoms with E-state index < -0.39 is 5.82 Å². The average molecular weight is 310 g/mol. The lowest BCUT2D eigenvalue weighted by molar-refractivity contribution is 0.0927. The van der Waals surface area contributed by atoms with Crippen LogP contribution in [0.15, 0.2) is 18.2 Å². The highest BCUT2D eigenvalue weighted by Crippen LogP contribution is 2.19. The Bertz CT molecular complexity index is 510. The Balaban J connectivity index is 1.84. The van der Waals surface area contributed by atoms with Crippen molar-refractivity contribution < 1.29 is 19.0 Å². The van der Waals surface area contributed by atoms with Crippen LogP contribution in [0.5, 0.6) is 5.75 Å². The quantitative estimate of drug-likeness (QED) is 0.831. The predicted molar refractivity (Wildman–Crippen MR) is 81.5 cm³/mol. The lowest BCUT2D eigenvalue weighted by Gasteiger charge is -2.31. The highest BCUT2D eigenvalue weighted by Gasteiger charge is 2.19. The first kappa shape index (κ1) is 16.7. The molecular weight excluding hydrogens is 287 g/mol. The summed E-state index contributed by atoms with van der Waals surface area (Å²) in [6, 6.07) is 3.88. The number of aliphatic hydroxyl groups excluding tert-OH is 1. The Morgan fingerprint density at radius 2 is 2.36 bits per heavy atom. The molecule has 5 nitrogen and oxygen atoms in total. The number of nitrogens with zero attached hydrogens (tertiary/aromatic N) is 1. The van der Waals surface area contributed by atoms with Crippen LogP contribution >= 0.6 is 0 Å². The Hall–Kier alpha value is -1.66. The van der Waals surface area contributed by atoms with Crippen LogP contribution in [0, 0.1) is 11.7 Å². The van der Waals surface area contributed by atoms with E-state index in [1.165, 1.54) is 25.3 Å². The van der Waals surface area contributed by atoms with Gasteiger partial charge in [-0.2, -0.15) is 0 Å². The maximum Gasteiger partial charge on any atom is 0.255 e. The molecule has 0 aromatic heterocycles. The number of rotatable bonds is 6. The van der Waals surface area contributed by atoms with Crippen molar-refractivity contribution in [2.45, 2.75) is 12.8 Å². The summed E-state index contributed by atoms with van der Waals surface area (Å²) >= 11 is 0. The normalized spacial score (nSPS) is 19.0. The lowest BCUT2D eigenvalue weighted by atomic mass is 9.99. The van der Waals surface area contributed by atoms with E-state index in [0.717, 1.165) is 32.5 Å². The number of halogens is 1. The van der Waals surface area contributed by atoms with Gasteiger partial charge in [0.2, 0.25) is 0 Å². The van der Waals surface area contributed by atoms with Gasteiger partial charge in [0.1, 0.15) is 11.6 Å². The van der Waals surface area contributed by atoms with E-state index in [1.807, 2.05) is 0 Å². The zero-order valence-electron chi connectivity index (χ0n) is 12.8. The molecule has 0 radical (unpaired) electrons. The van der Waals surface area contributed by atoms with Gasteiger partial charge in [-0.1, -0.05) is 0 Å². The van der Waals surface area contributed by atoms with Crippen molar-refractivity contribution in [2.24, 2.45) is 5.92 Å². The number of amides is 1. The molecule has 2 rings (SSSR count). The van der Waals surface area contributed by atoms with Crippen LogP contribution in [0.4, 0.5) is 4.39 Å². The van der Waals surface area contributed by atoms with Crippen LogP contribution in [0.3, 0.4) is 0 Å². The van der Waals surface area contributed by atoms with E-state index in [-0.39, 0.29) is 18.1 Å². The second kappa shape index (κ2) is 8.10. The molecule has 0 unspecified atom stereocenters. The Morgan fingerprint density at radius 3 is 3.09 bits per heavy atom. The number of methoxy groups -OCH3 is 1. The van der Waals surface area contributed by atoms with Crippen molar-refractivity contribution in [1.82, 2.24) is 10.2 Å². The summed E-state index contributed by atoms with van der Waals surface area (Å²) in [6.07, 6.45) is 2.12. The van der Waals surface area contributed by atoms with Gasteiger partial charge in [-0.3, -0.25) is 4.79 Å². The van der Waals surface area contributed by atoms with Gasteiger partial charge >= 0.3 is 0 Å². The van der Waals surface area contributed by atoms with E-state index in [4.69, 9.17) is 4.74 Å². The molecule has 0 saturated carbocycles. The van der Waals surface area contributed by atoms with Gasteiger partial charge in [0.05, 0.1) is 12.7 Å². The fourth-order valence-electron chi connectivity index (χ4n) is 2.78.